The Labute approximate surface area is 108 Å². The Morgan fingerprint density at radius 3 is 2.12 bits per heavy atom. The van der Waals surface area contributed by atoms with Gasteiger partial charge in [0, 0.05) is 6.04 Å². The molecule has 0 saturated heterocycles. The SMILES string of the molecule is CCCNC(C1CCC1)C1CC(C)CC(C)C1. The molecule has 17 heavy (non-hydrogen) atoms. The molecule has 0 bridgehead atoms. The van der Waals surface area contributed by atoms with Gasteiger partial charge in [0.2, 0.25) is 0 Å². The fourth-order valence-electron chi connectivity index (χ4n) is 4.13. The van der Waals surface area contributed by atoms with Crippen molar-refractivity contribution >= 4 is 0 Å². The third-order valence-electron chi connectivity index (χ3n) is 5.01. The maximum Gasteiger partial charge on any atom is 0.0124 e. The molecule has 3 atom stereocenters. The predicted molar refractivity (Wildman–Crippen MR) is 75.1 cm³/mol. The van der Waals surface area contributed by atoms with Gasteiger partial charge in [-0.2, -0.15) is 0 Å². The van der Waals surface area contributed by atoms with Crippen molar-refractivity contribution in [1.82, 2.24) is 5.32 Å². The van der Waals surface area contributed by atoms with E-state index in [4.69, 9.17) is 0 Å². The average Bonchev–Trinajstić information content (AvgIpc) is 2.19. The molecule has 2 rings (SSSR count). The third-order valence-corrected chi connectivity index (χ3v) is 5.01. The van der Waals surface area contributed by atoms with E-state index in [0.717, 1.165) is 29.7 Å². The summed E-state index contributed by atoms with van der Waals surface area (Å²) in [6, 6.07) is 0.842. The van der Waals surface area contributed by atoms with Crippen LogP contribution in [0.1, 0.15) is 65.7 Å². The van der Waals surface area contributed by atoms with Crippen molar-refractivity contribution in [3.63, 3.8) is 0 Å². The molecular formula is C16H31N. The second-order valence-electron chi connectivity index (χ2n) is 6.85. The van der Waals surface area contributed by atoms with Crippen molar-refractivity contribution in [2.75, 3.05) is 6.54 Å². The minimum absolute atomic E-state index is 0.842. The van der Waals surface area contributed by atoms with E-state index in [1.54, 1.807) is 0 Å². The van der Waals surface area contributed by atoms with Crippen molar-refractivity contribution < 1.29 is 0 Å². The summed E-state index contributed by atoms with van der Waals surface area (Å²) in [4.78, 5) is 0. The molecule has 1 N–H and O–H groups in total. The van der Waals surface area contributed by atoms with Crippen LogP contribution in [0, 0.1) is 23.7 Å². The van der Waals surface area contributed by atoms with Gasteiger partial charge in [-0.05, 0) is 68.7 Å². The maximum atomic E-state index is 3.88. The average molecular weight is 237 g/mol. The summed E-state index contributed by atoms with van der Waals surface area (Å²) < 4.78 is 0. The predicted octanol–water partition coefficient (Wildman–Crippen LogP) is 4.23. The van der Waals surface area contributed by atoms with Crippen LogP contribution in [-0.2, 0) is 0 Å². The summed E-state index contributed by atoms with van der Waals surface area (Å²) in [5.41, 5.74) is 0. The maximum absolute atomic E-state index is 3.88. The summed E-state index contributed by atoms with van der Waals surface area (Å²) in [7, 11) is 0. The van der Waals surface area contributed by atoms with Crippen LogP contribution in [-0.4, -0.2) is 12.6 Å². The van der Waals surface area contributed by atoms with Crippen molar-refractivity contribution in [3.05, 3.63) is 0 Å². The molecule has 0 aromatic carbocycles. The second-order valence-corrected chi connectivity index (χ2v) is 6.85. The Bertz CT molecular complexity index is 212. The molecule has 0 radical (unpaired) electrons. The molecule has 2 aliphatic rings. The monoisotopic (exact) mass is 237 g/mol. The van der Waals surface area contributed by atoms with Gasteiger partial charge in [0.05, 0.1) is 0 Å². The van der Waals surface area contributed by atoms with E-state index in [2.05, 4.69) is 26.1 Å². The Balaban J connectivity index is 1.93. The summed E-state index contributed by atoms with van der Waals surface area (Å²) in [5, 5.41) is 3.88. The molecule has 2 aliphatic carbocycles. The molecule has 3 unspecified atom stereocenters. The van der Waals surface area contributed by atoms with Crippen LogP contribution in [0.25, 0.3) is 0 Å². The standard InChI is InChI=1S/C16H31N/c1-4-8-17-16(14-6-5-7-14)15-10-12(2)9-13(3)11-15/h12-17H,4-11H2,1-3H3. The van der Waals surface area contributed by atoms with E-state index in [1.165, 1.54) is 51.5 Å². The lowest BCUT2D eigenvalue weighted by Crippen LogP contribution is -2.47. The molecule has 0 aromatic rings. The van der Waals surface area contributed by atoms with Gasteiger partial charge >= 0.3 is 0 Å². The van der Waals surface area contributed by atoms with E-state index >= 15 is 0 Å². The largest absolute Gasteiger partial charge is 0.313 e. The highest BCUT2D eigenvalue weighted by molar-refractivity contribution is 4.91. The van der Waals surface area contributed by atoms with Crippen LogP contribution >= 0.6 is 0 Å². The van der Waals surface area contributed by atoms with Gasteiger partial charge in [0.1, 0.15) is 0 Å². The van der Waals surface area contributed by atoms with Crippen molar-refractivity contribution in [2.24, 2.45) is 23.7 Å². The van der Waals surface area contributed by atoms with E-state index in [1.807, 2.05) is 0 Å². The summed E-state index contributed by atoms with van der Waals surface area (Å²) in [6.07, 6.45) is 10.1. The van der Waals surface area contributed by atoms with Gasteiger partial charge in [0.25, 0.3) is 0 Å². The van der Waals surface area contributed by atoms with Crippen LogP contribution in [0.2, 0.25) is 0 Å². The van der Waals surface area contributed by atoms with Gasteiger partial charge in [-0.15, -0.1) is 0 Å². The van der Waals surface area contributed by atoms with Crippen LogP contribution in [0.3, 0.4) is 0 Å². The lowest BCUT2D eigenvalue weighted by atomic mass is 9.67. The Kier molecular flexibility index (Phi) is 4.90. The molecule has 0 aromatic heterocycles. The lowest BCUT2D eigenvalue weighted by Gasteiger charge is -2.43. The second kappa shape index (κ2) is 6.22. The Hall–Kier alpha value is -0.0400. The number of nitrogens with one attached hydrogen (secondary N) is 1. The van der Waals surface area contributed by atoms with E-state index in [0.29, 0.717) is 0 Å². The highest BCUT2D eigenvalue weighted by Gasteiger charge is 2.36. The zero-order valence-corrected chi connectivity index (χ0v) is 12.0. The molecular weight excluding hydrogens is 206 g/mol. The van der Waals surface area contributed by atoms with Gasteiger partial charge in [0.15, 0.2) is 0 Å². The van der Waals surface area contributed by atoms with Crippen LogP contribution in [0.4, 0.5) is 0 Å². The normalized spacial score (nSPS) is 36.5. The van der Waals surface area contributed by atoms with Gasteiger partial charge in [-0.1, -0.05) is 27.2 Å². The zero-order valence-electron chi connectivity index (χ0n) is 12.0. The zero-order chi connectivity index (χ0) is 12.3. The Morgan fingerprint density at radius 1 is 1.00 bits per heavy atom. The topological polar surface area (TPSA) is 12.0 Å². The fraction of sp³-hybridized carbons (Fsp3) is 1.00. The quantitative estimate of drug-likeness (QED) is 0.754. The first-order valence-electron chi connectivity index (χ1n) is 7.94. The van der Waals surface area contributed by atoms with Crippen molar-refractivity contribution in [3.8, 4) is 0 Å². The molecule has 0 heterocycles. The molecule has 1 heteroatoms. The molecule has 0 amide bonds. The minimum Gasteiger partial charge on any atom is -0.313 e. The van der Waals surface area contributed by atoms with E-state index in [9.17, 15) is 0 Å². The highest BCUT2D eigenvalue weighted by Crippen LogP contribution is 2.41. The summed E-state index contributed by atoms with van der Waals surface area (Å²) in [5.74, 6) is 3.87. The molecule has 0 aliphatic heterocycles. The fourth-order valence-corrected chi connectivity index (χ4v) is 4.13. The van der Waals surface area contributed by atoms with Crippen LogP contribution in [0.5, 0.6) is 0 Å². The third kappa shape index (κ3) is 3.47. The minimum atomic E-state index is 0.842. The van der Waals surface area contributed by atoms with Crippen molar-refractivity contribution in [1.29, 1.82) is 0 Å². The molecule has 100 valence electrons. The van der Waals surface area contributed by atoms with Crippen LogP contribution in [0.15, 0.2) is 0 Å². The molecule has 2 saturated carbocycles. The Morgan fingerprint density at radius 2 is 1.65 bits per heavy atom. The lowest BCUT2D eigenvalue weighted by molar-refractivity contribution is 0.109. The van der Waals surface area contributed by atoms with Crippen molar-refractivity contribution in [2.45, 2.75) is 71.8 Å². The summed E-state index contributed by atoms with van der Waals surface area (Å²) >= 11 is 0. The number of hydrogen-bond donors (Lipinski definition) is 1. The van der Waals surface area contributed by atoms with Gasteiger partial charge < -0.3 is 5.32 Å². The first kappa shape index (κ1) is 13.4. The molecule has 0 spiro atoms. The van der Waals surface area contributed by atoms with E-state index < -0.39 is 0 Å². The first-order valence-corrected chi connectivity index (χ1v) is 7.94. The van der Waals surface area contributed by atoms with Crippen LogP contribution < -0.4 is 5.32 Å². The van der Waals surface area contributed by atoms with E-state index in [-0.39, 0.29) is 0 Å². The highest BCUT2D eigenvalue weighted by atomic mass is 14.9. The number of hydrogen-bond acceptors (Lipinski definition) is 1. The summed E-state index contributed by atoms with van der Waals surface area (Å²) in [6.45, 7) is 8.43. The smallest absolute Gasteiger partial charge is 0.0124 e. The van der Waals surface area contributed by atoms with Gasteiger partial charge in [-0.25, -0.2) is 0 Å². The first-order chi connectivity index (χ1) is 8.20. The number of rotatable bonds is 5. The van der Waals surface area contributed by atoms with Gasteiger partial charge in [-0.3, -0.25) is 0 Å². The molecule has 2 fully saturated rings. The molecule has 1 nitrogen and oxygen atoms in total.